The molecule has 1 saturated heterocycles. The topological polar surface area (TPSA) is 20.3 Å². The second kappa shape index (κ2) is 5.60. The summed E-state index contributed by atoms with van der Waals surface area (Å²) in [5.74, 6) is 2.77. The zero-order valence-corrected chi connectivity index (χ0v) is 8.53. The van der Waals surface area contributed by atoms with E-state index >= 15 is 0 Å². The van der Waals surface area contributed by atoms with Crippen molar-refractivity contribution in [3.05, 3.63) is 0 Å². The van der Waals surface area contributed by atoms with Gasteiger partial charge in [0.05, 0.1) is 6.54 Å². The van der Waals surface area contributed by atoms with E-state index in [4.69, 9.17) is 0 Å². The van der Waals surface area contributed by atoms with Gasteiger partial charge in [0.15, 0.2) is 0 Å². The van der Waals surface area contributed by atoms with Crippen LogP contribution in [-0.4, -0.2) is 41.8 Å². The number of likely N-dealkylation sites (tertiary alicyclic amines) is 1. The summed E-state index contributed by atoms with van der Waals surface area (Å²) >= 11 is 1.95. The normalized spacial score (nSPS) is 19.9. The van der Waals surface area contributed by atoms with Crippen molar-refractivity contribution in [2.45, 2.75) is 19.8 Å². The van der Waals surface area contributed by atoms with Gasteiger partial charge in [-0.2, -0.15) is 11.8 Å². The Morgan fingerprint density at radius 1 is 1.58 bits per heavy atom. The van der Waals surface area contributed by atoms with Crippen LogP contribution in [0.3, 0.4) is 0 Å². The van der Waals surface area contributed by atoms with E-state index in [9.17, 15) is 4.79 Å². The quantitative estimate of drug-likeness (QED) is 0.621. The minimum atomic E-state index is 0.419. The Labute approximate surface area is 78.7 Å². The van der Waals surface area contributed by atoms with Crippen molar-refractivity contribution in [1.82, 2.24) is 4.90 Å². The number of carbonyl (C=O) groups is 1. The number of ketones is 1. The Bertz CT molecular complexity index is 149. The Morgan fingerprint density at radius 2 is 2.42 bits per heavy atom. The lowest BCUT2D eigenvalue weighted by Gasteiger charge is -2.24. The van der Waals surface area contributed by atoms with Crippen LogP contribution < -0.4 is 0 Å². The summed E-state index contributed by atoms with van der Waals surface area (Å²) in [6.07, 6.45) is 1.87. The first-order valence-electron chi connectivity index (χ1n) is 4.64. The SMILES string of the molecule is CCSCCN1CCCC(=O)C1. The Hall–Kier alpha value is -0.0200. The Kier molecular flexibility index (Phi) is 4.69. The van der Waals surface area contributed by atoms with Gasteiger partial charge in [-0.15, -0.1) is 0 Å². The molecule has 0 N–H and O–H groups in total. The van der Waals surface area contributed by atoms with Crippen LogP contribution in [0.15, 0.2) is 0 Å². The summed E-state index contributed by atoms with van der Waals surface area (Å²) in [6.45, 7) is 5.08. The van der Waals surface area contributed by atoms with Crippen molar-refractivity contribution < 1.29 is 4.79 Å². The predicted octanol–water partition coefficient (Wildman–Crippen LogP) is 1.40. The number of carbonyl (C=O) groups excluding carboxylic acids is 1. The van der Waals surface area contributed by atoms with E-state index in [1.165, 1.54) is 11.5 Å². The van der Waals surface area contributed by atoms with Crippen molar-refractivity contribution in [1.29, 1.82) is 0 Å². The van der Waals surface area contributed by atoms with Gasteiger partial charge in [0.25, 0.3) is 0 Å². The second-order valence-corrected chi connectivity index (χ2v) is 4.51. The summed E-state index contributed by atoms with van der Waals surface area (Å²) in [5, 5.41) is 0. The number of hydrogen-bond acceptors (Lipinski definition) is 3. The van der Waals surface area contributed by atoms with Crippen molar-refractivity contribution >= 4 is 17.5 Å². The fourth-order valence-corrected chi connectivity index (χ4v) is 2.11. The minimum Gasteiger partial charge on any atom is -0.298 e. The molecule has 0 aliphatic carbocycles. The molecule has 0 saturated carbocycles. The predicted molar refractivity (Wildman–Crippen MR) is 53.7 cm³/mol. The van der Waals surface area contributed by atoms with E-state index in [0.29, 0.717) is 12.3 Å². The summed E-state index contributed by atoms with van der Waals surface area (Å²) in [4.78, 5) is 13.3. The van der Waals surface area contributed by atoms with Gasteiger partial charge in [0.2, 0.25) is 0 Å². The van der Waals surface area contributed by atoms with Gasteiger partial charge >= 0.3 is 0 Å². The molecule has 0 bridgehead atoms. The van der Waals surface area contributed by atoms with E-state index < -0.39 is 0 Å². The molecule has 70 valence electrons. The largest absolute Gasteiger partial charge is 0.298 e. The van der Waals surface area contributed by atoms with E-state index in [1.807, 2.05) is 11.8 Å². The molecule has 2 nitrogen and oxygen atoms in total. The molecule has 0 amide bonds. The second-order valence-electron chi connectivity index (χ2n) is 3.12. The molecule has 0 spiro atoms. The molecule has 1 aliphatic rings. The Morgan fingerprint density at radius 3 is 3.08 bits per heavy atom. The molecule has 0 atom stereocenters. The number of hydrogen-bond donors (Lipinski definition) is 0. The van der Waals surface area contributed by atoms with Gasteiger partial charge in [0.1, 0.15) is 5.78 Å². The van der Waals surface area contributed by atoms with Crippen LogP contribution in [0.1, 0.15) is 19.8 Å². The lowest BCUT2D eigenvalue weighted by molar-refractivity contribution is -0.122. The highest BCUT2D eigenvalue weighted by Crippen LogP contribution is 2.07. The minimum absolute atomic E-state index is 0.419. The standard InChI is InChI=1S/C9H17NOS/c1-2-12-7-6-10-5-3-4-9(11)8-10/h2-8H2,1H3. The van der Waals surface area contributed by atoms with Gasteiger partial charge < -0.3 is 0 Å². The fraction of sp³-hybridized carbons (Fsp3) is 0.889. The lowest BCUT2D eigenvalue weighted by Crippen LogP contribution is -2.36. The number of Topliss-reactive ketones (excluding diaryl/α,β-unsaturated/α-hetero) is 1. The van der Waals surface area contributed by atoms with Gasteiger partial charge in [-0.25, -0.2) is 0 Å². The molecule has 1 fully saturated rings. The molecule has 1 heterocycles. The molecule has 0 unspecified atom stereocenters. The molecule has 1 aliphatic heterocycles. The average Bonchev–Trinajstić information content (AvgIpc) is 2.05. The zero-order valence-electron chi connectivity index (χ0n) is 7.71. The highest BCUT2D eigenvalue weighted by Gasteiger charge is 2.15. The number of thioether (sulfide) groups is 1. The summed E-state index contributed by atoms with van der Waals surface area (Å²) < 4.78 is 0. The Balaban J connectivity index is 2.10. The van der Waals surface area contributed by atoms with Gasteiger partial charge in [-0.05, 0) is 18.7 Å². The summed E-state index contributed by atoms with van der Waals surface area (Å²) in [7, 11) is 0. The third-order valence-electron chi connectivity index (χ3n) is 2.09. The summed E-state index contributed by atoms with van der Waals surface area (Å²) in [6, 6.07) is 0. The van der Waals surface area contributed by atoms with Gasteiger partial charge in [-0.3, -0.25) is 9.69 Å². The zero-order chi connectivity index (χ0) is 8.81. The van der Waals surface area contributed by atoms with Crippen molar-refractivity contribution in [2.24, 2.45) is 0 Å². The molecular weight excluding hydrogens is 170 g/mol. The number of nitrogens with zero attached hydrogens (tertiary/aromatic N) is 1. The third-order valence-corrected chi connectivity index (χ3v) is 2.97. The smallest absolute Gasteiger partial charge is 0.146 e. The van der Waals surface area contributed by atoms with Crippen LogP contribution in [0, 0.1) is 0 Å². The van der Waals surface area contributed by atoms with Crippen LogP contribution in [0.5, 0.6) is 0 Å². The maximum atomic E-state index is 11.1. The van der Waals surface area contributed by atoms with Crippen molar-refractivity contribution in [3.63, 3.8) is 0 Å². The highest BCUT2D eigenvalue weighted by atomic mass is 32.2. The van der Waals surface area contributed by atoms with Gasteiger partial charge in [-0.1, -0.05) is 6.92 Å². The van der Waals surface area contributed by atoms with E-state index in [1.54, 1.807) is 0 Å². The van der Waals surface area contributed by atoms with Gasteiger partial charge in [0, 0.05) is 18.7 Å². The number of rotatable bonds is 4. The first-order valence-corrected chi connectivity index (χ1v) is 5.80. The maximum Gasteiger partial charge on any atom is 0.146 e. The maximum absolute atomic E-state index is 11.1. The molecule has 0 radical (unpaired) electrons. The lowest BCUT2D eigenvalue weighted by atomic mass is 10.1. The van der Waals surface area contributed by atoms with Crippen LogP contribution >= 0.6 is 11.8 Å². The van der Waals surface area contributed by atoms with E-state index in [2.05, 4.69) is 11.8 Å². The molecule has 0 aromatic heterocycles. The first kappa shape index (κ1) is 10.1. The van der Waals surface area contributed by atoms with Crippen molar-refractivity contribution in [3.8, 4) is 0 Å². The summed E-state index contributed by atoms with van der Waals surface area (Å²) in [5.41, 5.74) is 0. The molecular formula is C9H17NOS. The first-order chi connectivity index (χ1) is 5.83. The molecule has 12 heavy (non-hydrogen) atoms. The van der Waals surface area contributed by atoms with Crippen molar-refractivity contribution in [2.75, 3.05) is 31.1 Å². The molecule has 1 rings (SSSR count). The van der Waals surface area contributed by atoms with E-state index in [0.717, 1.165) is 25.9 Å². The fourth-order valence-electron chi connectivity index (χ4n) is 1.44. The third kappa shape index (κ3) is 3.59. The van der Waals surface area contributed by atoms with Crippen LogP contribution in [-0.2, 0) is 4.79 Å². The molecule has 3 heteroatoms. The number of piperidine rings is 1. The van der Waals surface area contributed by atoms with Crippen LogP contribution in [0.25, 0.3) is 0 Å². The highest BCUT2D eigenvalue weighted by molar-refractivity contribution is 7.99. The van der Waals surface area contributed by atoms with Crippen LogP contribution in [0.4, 0.5) is 0 Å². The molecule has 0 aromatic rings. The molecule has 0 aromatic carbocycles. The van der Waals surface area contributed by atoms with E-state index in [-0.39, 0.29) is 0 Å². The average molecular weight is 187 g/mol. The van der Waals surface area contributed by atoms with Crippen LogP contribution in [0.2, 0.25) is 0 Å². The monoisotopic (exact) mass is 187 g/mol.